The summed E-state index contributed by atoms with van der Waals surface area (Å²) < 4.78 is 71.4. The molecule has 2 aliphatic carbocycles. The number of rotatable bonds is 7. The van der Waals surface area contributed by atoms with Gasteiger partial charge in [-0.3, -0.25) is 0 Å². The molecule has 1 heterocycles. The summed E-state index contributed by atoms with van der Waals surface area (Å²) in [5.74, 6) is -2.36. The first-order chi connectivity index (χ1) is 17.0. The molecule has 190 valence electrons. The lowest BCUT2D eigenvalue weighted by atomic mass is 9.68. The number of benzene rings is 2. The van der Waals surface area contributed by atoms with E-state index in [1.54, 1.807) is 19.1 Å². The van der Waals surface area contributed by atoms with Gasteiger partial charge in [0, 0.05) is 24.1 Å². The molecule has 0 saturated heterocycles. The maximum atomic E-state index is 14.5. The summed E-state index contributed by atoms with van der Waals surface area (Å²) in [6.07, 6.45) is 1.52. The van der Waals surface area contributed by atoms with E-state index in [9.17, 15) is 21.6 Å². The van der Waals surface area contributed by atoms with E-state index in [1.165, 1.54) is 40.7 Å². The van der Waals surface area contributed by atoms with Crippen LogP contribution >= 0.6 is 0 Å². The molecule has 1 fully saturated rings. The number of halogens is 3. The smallest absolute Gasteiger partial charge is 0.212 e. The fourth-order valence-corrected chi connectivity index (χ4v) is 7.87. The summed E-state index contributed by atoms with van der Waals surface area (Å²) in [4.78, 5) is 0. The molecular formula is C27H28F3N3O2S. The largest absolute Gasteiger partial charge is 0.218 e. The first kappa shape index (κ1) is 24.9. The number of aromatic nitrogens is 2. The van der Waals surface area contributed by atoms with Crippen molar-refractivity contribution in [2.75, 3.05) is 13.1 Å². The Hall–Kier alpha value is -2.78. The third kappa shape index (κ3) is 3.66. The third-order valence-corrected chi connectivity index (χ3v) is 10.2. The van der Waals surface area contributed by atoms with Gasteiger partial charge in [0.25, 0.3) is 0 Å². The van der Waals surface area contributed by atoms with Crippen LogP contribution in [0.1, 0.15) is 56.4 Å². The van der Waals surface area contributed by atoms with Crippen molar-refractivity contribution in [2.45, 2.75) is 50.7 Å². The third-order valence-electron chi connectivity index (χ3n) is 8.32. The minimum absolute atomic E-state index is 0.0459. The predicted molar refractivity (Wildman–Crippen MR) is 131 cm³/mol. The van der Waals surface area contributed by atoms with E-state index in [-0.39, 0.29) is 41.2 Å². The summed E-state index contributed by atoms with van der Waals surface area (Å²) in [5.41, 5.74) is 0.597. The molecule has 1 saturated carbocycles. The van der Waals surface area contributed by atoms with E-state index < -0.39 is 38.6 Å². The van der Waals surface area contributed by atoms with Crippen molar-refractivity contribution in [1.29, 1.82) is 0 Å². The summed E-state index contributed by atoms with van der Waals surface area (Å²) in [7, 11) is -3.83. The maximum absolute atomic E-state index is 14.5. The van der Waals surface area contributed by atoms with Crippen LogP contribution in [0.15, 0.2) is 48.5 Å². The topological polar surface area (TPSA) is 63.2 Å². The standard InChI is InChI=1S/C27H28F3N3O2S/c1-4-33(36(34,35)15-17-8-5-6-9-20(17)28)16-27-13-12-19(26(27,2)3)18-14-23(31-32-25(18)27)24-21(29)10-7-11-22(24)30/h5-11,14,19H,4,12-13,15-16H2,1-3H3/t19-,27-/m0/s1. The minimum atomic E-state index is -3.83. The second-order valence-corrected chi connectivity index (χ2v) is 12.3. The maximum Gasteiger partial charge on any atom is 0.218 e. The highest BCUT2D eigenvalue weighted by molar-refractivity contribution is 7.88. The first-order valence-electron chi connectivity index (χ1n) is 12.1. The Morgan fingerprint density at radius 3 is 2.33 bits per heavy atom. The number of likely N-dealkylation sites (N-methyl/N-ethyl adjacent to an activating group) is 1. The molecule has 2 aromatic carbocycles. The Morgan fingerprint density at radius 1 is 1.00 bits per heavy atom. The van der Waals surface area contributed by atoms with Crippen molar-refractivity contribution in [3.8, 4) is 11.3 Å². The lowest BCUT2D eigenvalue weighted by Gasteiger charge is -2.41. The normalized spacial score (nSPS) is 22.2. The fourth-order valence-electron chi connectivity index (χ4n) is 6.25. The van der Waals surface area contributed by atoms with E-state index >= 15 is 0 Å². The summed E-state index contributed by atoms with van der Waals surface area (Å²) in [6.45, 7) is 6.35. The molecular weight excluding hydrogens is 487 g/mol. The van der Waals surface area contributed by atoms with Crippen molar-refractivity contribution in [3.63, 3.8) is 0 Å². The SMILES string of the molecule is CCN(C[C@@]12CC[C@@H](c3cc(-c4c(F)cccc4F)nnc31)C2(C)C)S(=O)(=O)Cc1ccccc1F. The number of hydrogen-bond acceptors (Lipinski definition) is 4. The Kier molecular flexibility index (Phi) is 5.99. The molecule has 5 rings (SSSR count). The van der Waals surface area contributed by atoms with Crippen LogP contribution in [0.4, 0.5) is 13.2 Å². The first-order valence-corrected chi connectivity index (χ1v) is 13.7. The van der Waals surface area contributed by atoms with E-state index in [0.717, 1.165) is 12.0 Å². The number of hydrogen-bond donors (Lipinski definition) is 0. The number of fused-ring (bicyclic) bond motifs is 5. The molecule has 2 bridgehead atoms. The van der Waals surface area contributed by atoms with Crippen molar-refractivity contribution in [1.82, 2.24) is 14.5 Å². The van der Waals surface area contributed by atoms with Gasteiger partial charge in [-0.25, -0.2) is 25.9 Å². The van der Waals surface area contributed by atoms with Crippen LogP contribution in [-0.2, 0) is 21.2 Å². The molecule has 0 unspecified atom stereocenters. The van der Waals surface area contributed by atoms with Gasteiger partial charge in [-0.1, -0.05) is 45.0 Å². The minimum Gasteiger partial charge on any atom is -0.212 e. The van der Waals surface area contributed by atoms with Gasteiger partial charge in [-0.05, 0) is 54.0 Å². The highest BCUT2D eigenvalue weighted by atomic mass is 32.2. The lowest BCUT2D eigenvalue weighted by Crippen LogP contribution is -2.48. The Morgan fingerprint density at radius 2 is 1.67 bits per heavy atom. The van der Waals surface area contributed by atoms with E-state index in [2.05, 4.69) is 24.0 Å². The second-order valence-electron chi connectivity index (χ2n) is 10.3. The summed E-state index contributed by atoms with van der Waals surface area (Å²) >= 11 is 0. The van der Waals surface area contributed by atoms with Crippen LogP contribution < -0.4 is 0 Å². The zero-order valence-corrected chi connectivity index (χ0v) is 21.2. The van der Waals surface area contributed by atoms with Crippen LogP contribution in [0, 0.1) is 22.9 Å². The number of nitrogens with zero attached hydrogens (tertiary/aromatic N) is 3. The predicted octanol–water partition coefficient (Wildman–Crippen LogP) is 5.57. The molecule has 1 aromatic heterocycles. The molecule has 36 heavy (non-hydrogen) atoms. The summed E-state index contributed by atoms with van der Waals surface area (Å²) in [6, 6.07) is 11.3. The van der Waals surface area contributed by atoms with Crippen molar-refractivity contribution in [2.24, 2.45) is 5.41 Å². The Balaban J connectivity index is 1.54. The van der Waals surface area contributed by atoms with Gasteiger partial charge in [-0.15, -0.1) is 0 Å². The molecule has 2 aliphatic rings. The van der Waals surface area contributed by atoms with Gasteiger partial charge in [0.05, 0.1) is 22.7 Å². The Labute approximate surface area is 209 Å². The Bertz CT molecular complexity index is 1420. The highest BCUT2D eigenvalue weighted by Gasteiger charge is 2.64. The van der Waals surface area contributed by atoms with Crippen LogP contribution in [0.25, 0.3) is 11.3 Å². The van der Waals surface area contributed by atoms with Crippen molar-refractivity contribution in [3.05, 3.63) is 82.8 Å². The van der Waals surface area contributed by atoms with Crippen LogP contribution in [0.2, 0.25) is 0 Å². The monoisotopic (exact) mass is 515 g/mol. The van der Waals surface area contributed by atoms with Gasteiger partial charge in [0.1, 0.15) is 17.5 Å². The zero-order chi connectivity index (χ0) is 25.9. The van der Waals surface area contributed by atoms with Gasteiger partial charge in [-0.2, -0.15) is 10.2 Å². The number of sulfonamides is 1. The van der Waals surface area contributed by atoms with Gasteiger partial charge < -0.3 is 0 Å². The van der Waals surface area contributed by atoms with Crippen LogP contribution in [-0.4, -0.2) is 36.0 Å². The summed E-state index contributed by atoms with van der Waals surface area (Å²) in [5, 5.41) is 8.67. The van der Waals surface area contributed by atoms with Gasteiger partial charge in [0.2, 0.25) is 10.0 Å². The zero-order valence-electron chi connectivity index (χ0n) is 20.4. The highest BCUT2D eigenvalue weighted by Crippen LogP contribution is 2.67. The molecule has 2 atom stereocenters. The molecule has 0 amide bonds. The molecule has 3 aromatic rings. The van der Waals surface area contributed by atoms with E-state index in [1.807, 2.05) is 0 Å². The molecule has 9 heteroatoms. The quantitative estimate of drug-likeness (QED) is 0.413. The lowest BCUT2D eigenvalue weighted by molar-refractivity contribution is 0.169. The van der Waals surface area contributed by atoms with Crippen molar-refractivity contribution < 1.29 is 21.6 Å². The molecule has 0 spiro atoms. The fraction of sp³-hybridized carbons (Fsp3) is 0.407. The molecule has 0 N–H and O–H groups in total. The second kappa shape index (κ2) is 8.66. The molecule has 5 nitrogen and oxygen atoms in total. The van der Waals surface area contributed by atoms with Crippen LogP contribution in [0.3, 0.4) is 0 Å². The van der Waals surface area contributed by atoms with Crippen molar-refractivity contribution >= 4 is 10.0 Å². The van der Waals surface area contributed by atoms with E-state index in [0.29, 0.717) is 12.1 Å². The van der Waals surface area contributed by atoms with E-state index in [4.69, 9.17) is 0 Å². The van der Waals surface area contributed by atoms with Gasteiger partial charge >= 0.3 is 0 Å². The molecule has 0 radical (unpaired) electrons. The van der Waals surface area contributed by atoms with Gasteiger partial charge in [0.15, 0.2) is 0 Å². The van der Waals surface area contributed by atoms with Crippen LogP contribution in [0.5, 0.6) is 0 Å². The average Bonchev–Trinajstić information content (AvgIpc) is 3.18. The average molecular weight is 516 g/mol. The molecule has 0 aliphatic heterocycles.